The third kappa shape index (κ3) is 4.95. The van der Waals surface area contributed by atoms with Crippen LogP contribution in [0, 0.1) is 17.1 Å². The Morgan fingerprint density at radius 2 is 2.00 bits per heavy atom. The number of nitrogens with one attached hydrogen (secondary N) is 1. The van der Waals surface area contributed by atoms with Crippen molar-refractivity contribution in [2.45, 2.75) is 13.1 Å². The molecule has 2 rings (SSSR count). The Labute approximate surface area is 147 Å². The number of nitrogens with zero attached hydrogens (tertiary/aromatic N) is 3. The molecular formula is C19H21FN4O. The molecule has 6 heteroatoms. The SMILES string of the molecule is CN=C(NCc1cc(C#N)ccc1F)N(C)Cc1ccc(OC)cc1. The van der Waals surface area contributed by atoms with Crippen LogP contribution in [0.25, 0.3) is 0 Å². The summed E-state index contributed by atoms with van der Waals surface area (Å²) in [5.41, 5.74) is 1.96. The second-order valence-corrected chi connectivity index (χ2v) is 5.52. The van der Waals surface area contributed by atoms with Gasteiger partial charge in [0.15, 0.2) is 5.96 Å². The molecule has 0 saturated carbocycles. The molecular weight excluding hydrogens is 319 g/mol. The van der Waals surface area contributed by atoms with Gasteiger partial charge in [0.25, 0.3) is 0 Å². The Morgan fingerprint density at radius 1 is 1.28 bits per heavy atom. The Hall–Kier alpha value is -3.07. The van der Waals surface area contributed by atoms with E-state index in [0.29, 0.717) is 23.6 Å². The number of benzene rings is 2. The van der Waals surface area contributed by atoms with Crippen molar-refractivity contribution in [1.29, 1.82) is 5.26 Å². The van der Waals surface area contributed by atoms with E-state index in [2.05, 4.69) is 10.3 Å². The summed E-state index contributed by atoms with van der Waals surface area (Å²) in [5.74, 6) is 1.10. The van der Waals surface area contributed by atoms with Gasteiger partial charge in [0.2, 0.25) is 0 Å². The fourth-order valence-corrected chi connectivity index (χ4v) is 2.42. The highest BCUT2D eigenvalue weighted by molar-refractivity contribution is 5.79. The van der Waals surface area contributed by atoms with Gasteiger partial charge in [-0.25, -0.2) is 4.39 Å². The summed E-state index contributed by atoms with van der Waals surface area (Å²) in [4.78, 5) is 6.16. The highest BCUT2D eigenvalue weighted by Gasteiger charge is 2.09. The molecule has 5 nitrogen and oxygen atoms in total. The van der Waals surface area contributed by atoms with Crippen LogP contribution < -0.4 is 10.1 Å². The number of halogens is 1. The number of guanidine groups is 1. The molecule has 2 aromatic rings. The summed E-state index contributed by atoms with van der Waals surface area (Å²) in [6.07, 6.45) is 0. The van der Waals surface area contributed by atoms with Crippen molar-refractivity contribution in [3.05, 3.63) is 65.0 Å². The van der Waals surface area contributed by atoms with Crippen LogP contribution in [0.5, 0.6) is 5.75 Å². The van der Waals surface area contributed by atoms with E-state index in [0.717, 1.165) is 11.3 Å². The smallest absolute Gasteiger partial charge is 0.193 e. The van der Waals surface area contributed by atoms with Gasteiger partial charge in [-0.1, -0.05) is 12.1 Å². The first-order valence-corrected chi connectivity index (χ1v) is 7.80. The minimum atomic E-state index is -0.347. The summed E-state index contributed by atoms with van der Waals surface area (Å²) >= 11 is 0. The molecule has 1 N–H and O–H groups in total. The minimum absolute atomic E-state index is 0.251. The second-order valence-electron chi connectivity index (χ2n) is 5.52. The van der Waals surface area contributed by atoms with E-state index in [1.807, 2.05) is 42.3 Å². The first-order chi connectivity index (χ1) is 12.1. The molecule has 130 valence electrons. The third-order valence-corrected chi connectivity index (χ3v) is 3.76. The maximum Gasteiger partial charge on any atom is 0.193 e. The highest BCUT2D eigenvalue weighted by Crippen LogP contribution is 2.13. The number of hydrogen-bond acceptors (Lipinski definition) is 3. The maximum atomic E-state index is 13.9. The third-order valence-electron chi connectivity index (χ3n) is 3.76. The van der Waals surface area contributed by atoms with Crippen molar-refractivity contribution < 1.29 is 9.13 Å². The Bertz CT molecular complexity index is 781. The van der Waals surface area contributed by atoms with Gasteiger partial charge in [-0.3, -0.25) is 4.99 Å². The predicted molar refractivity (Wildman–Crippen MR) is 95.8 cm³/mol. The van der Waals surface area contributed by atoms with Crippen LogP contribution in [0.1, 0.15) is 16.7 Å². The molecule has 25 heavy (non-hydrogen) atoms. The number of hydrogen-bond donors (Lipinski definition) is 1. The van der Waals surface area contributed by atoms with Crippen LogP contribution in [-0.2, 0) is 13.1 Å². The summed E-state index contributed by atoms with van der Waals surface area (Å²) in [6, 6.07) is 14.1. The van der Waals surface area contributed by atoms with Gasteiger partial charge < -0.3 is 15.0 Å². The molecule has 0 aliphatic carbocycles. The molecule has 2 aromatic carbocycles. The molecule has 0 radical (unpaired) electrons. The van der Waals surface area contributed by atoms with E-state index in [1.165, 1.54) is 12.1 Å². The highest BCUT2D eigenvalue weighted by atomic mass is 19.1. The molecule has 0 saturated heterocycles. The number of nitriles is 1. The molecule has 0 fully saturated rings. The molecule has 0 heterocycles. The lowest BCUT2D eigenvalue weighted by molar-refractivity contribution is 0.414. The number of rotatable bonds is 5. The Morgan fingerprint density at radius 3 is 2.60 bits per heavy atom. The van der Waals surface area contributed by atoms with Gasteiger partial charge in [0, 0.05) is 32.7 Å². The van der Waals surface area contributed by atoms with Crippen molar-refractivity contribution >= 4 is 5.96 Å². The van der Waals surface area contributed by atoms with E-state index in [-0.39, 0.29) is 12.4 Å². The molecule has 0 aromatic heterocycles. The van der Waals surface area contributed by atoms with E-state index in [1.54, 1.807) is 20.2 Å². The molecule has 0 aliphatic rings. The molecule has 0 bridgehead atoms. The van der Waals surface area contributed by atoms with E-state index >= 15 is 0 Å². The number of ether oxygens (including phenoxy) is 1. The average Bonchev–Trinajstić information content (AvgIpc) is 2.64. The average molecular weight is 340 g/mol. The normalized spacial score (nSPS) is 10.9. The van der Waals surface area contributed by atoms with Gasteiger partial charge in [-0.2, -0.15) is 5.26 Å². The van der Waals surface area contributed by atoms with Crippen LogP contribution in [-0.4, -0.2) is 32.1 Å². The summed E-state index contributed by atoms with van der Waals surface area (Å²) < 4.78 is 19.0. The fourth-order valence-electron chi connectivity index (χ4n) is 2.42. The van der Waals surface area contributed by atoms with Crippen molar-refractivity contribution in [3.8, 4) is 11.8 Å². The van der Waals surface area contributed by atoms with Gasteiger partial charge in [0.1, 0.15) is 11.6 Å². The lowest BCUT2D eigenvalue weighted by Crippen LogP contribution is -2.38. The standard InChI is InChI=1S/C19H21FN4O/c1-22-19(23-12-16-10-15(11-21)6-9-18(16)20)24(2)13-14-4-7-17(25-3)8-5-14/h4-10H,12-13H2,1-3H3,(H,22,23). The van der Waals surface area contributed by atoms with Crippen molar-refractivity contribution in [2.75, 3.05) is 21.2 Å². The topological polar surface area (TPSA) is 60.7 Å². The lowest BCUT2D eigenvalue weighted by atomic mass is 10.1. The fraction of sp³-hybridized carbons (Fsp3) is 0.263. The van der Waals surface area contributed by atoms with E-state index < -0.39 is 0 Å². The predicted octanol–water partition coefficient (Wildman–Crippen LogP) is 2.91. The van der Waals surface area contributed by atoms with Crippen LogP contribution in [0.3, 0.4) is 0 Å². The Kier molecular flexibility index (Phi) is 6.35. The molecule has 0 aliphatic heterocycles. The first kappa shape index (κ1) is 18.3. The molecule has 0 amide bonds. The first-order valence-electron chi connectivity index (χ1n) is 7.80. The number of aliphatic imine (C=N–C) groups is 1. The number of methoxy groups -OCH3 is 1. The zero-order valence-corrected chi connectivity index (χ0v) is 14.6. The van der Waals surface area contributed by atoms with Crippen LogP contribution in [0.15, 0.2) is 47.5 Å². The van der Waals surface area contributed by atoms with Gasteiger partial charge in [-0.05, 0) is 35.9 Å². The lowest BCUT2D eigenvalue weighted by Gasteiger charge is -2.22. The minimum Gasteiger partial charge on any atom is -0.497 e. The summed E-state index contributed by atoms with van der Waals surface area (Å²) in [6.45, 7) is 0.894. The van der Waals surface area contributed by atoms with E-state index in [9.17, 15) is 4.39 Å². The molecule has 0 spiro atoms. The maximum absolute atomic E-state index is 13.9. The molecule has 0 atom stereocenters. The van der Waals surface area contributed by atoms with E-state index in [4.69, 9.17) is 10.00 Å². The van der Waals surface area contributed by atoms with Crippen molar-refractivity contribution in [2.24, 2.45) is 4.99 Å². The summed E-state index contributed by atoms with van der Waals surface area (Å²) in [5, 5.41) is 12.1. The molecule has 0 unspecified atom stereocenters. The zero-order valence-electron chi connectivity index (χ0n) is 14.6. The monoisotopic (exact) mass is 340 g/mol. The van der Waals surface area contributed by atoms with Crippen LogP contribution in [0.2, 0.25) is 0 Å². The van der Waals surface area contributed by atoms with Crippen LogP contribution >= 0.6 is 0 Å². The Balaban J connectivity index is 2.00. The quantitative estimate of drug-likeness (QED) is 0.671. The summed E-state index contributed by atoms with van der Waals surface area (Å²) in [7, 11) is 5.21. The van der Waals surface area contributed by atoms with Crippen LogP contribution in [0.4, 0.5) is 4.39 Å². The van der Waals surface area contributed by atoms with Gasteiger partial charge >= 0.3 is 0 Å². The van der Waals surface area contributed by atoms with Gasteiger partial charge in [-0.15, -0.1) is 0 Å². The second kappa shape index (κ2) is 8.69. The zero-order chi connectivity index (χ0) is 18.2. The van der Waals surface area contributed by atoms with Gasteiger partial charge in [0.05, 0.1) is 18.7 Å². The largest absolute Gasteiger partial charge is 0.497 e. The van der Waals surface area contributed by atoms with Crippen molar-refractivity contribution in [3.63, 3.8) is 0 Å². The van der Waals surface area contributed by atoms with Crippen molar-refractivity contribution in [1.82, 2.24) is 10.2 Å².